The molecule has 1 amide bonds. The molecule has 0 bridgehead atoms. The molecule has 1 fully saturated rings. The summed E-state index contributed by atoms with van der Waals surface area (Å²) in [6.07, 6.45) is 1.01. The highest BCUT2D eigenvalue weighted by Crippen LogP contribution is 2.34. The van der Waals surface area contributed by atoms with Crippen molar-refractivity contribution in [3.8, 4) is 0 Å². The van der Waals surface area contributed by atoms with Gasteiger partial charge in [0, 0.05) is 6.54 Å². The number of anilines is 1. The number of rotatable bonds is 6. The molecule has 0 aliphatic carbocycles. The van der Waals surface area contributed by atoms with Crippen molar-refractivity contribution in [3.05, 3.63) is 89.7 Å². The van der Waals surface area contributed by atoms with Gasteiger partial charge in [0.1, 0.15) is 11.9 Å². The van der Waals surface area contributed by atoms with Crippen molar-refractivity contribution in [1.82, 2.24) is 9.29 Å². The van der Waals surface area contributed by atoms with Crippen molar-refractivity contribution < 1.29 is 17.6 Å². The summed E-state index contributed by atoms with van der Waals surface area (Å²) in [6, 6.07) is 19.6. The molecule has 1 unspecified atom stereocenters. The molecule has 1 aliphatic rings. The molecule has 5 rings (SSSR count). The Morgan fingerprint density at radius 2 is 1.86 bits per heavy atom. The molecule has 0 N–H and O–H groups in total. The zero-order chi connectivity index (χ0) is 24.6. The van der Waals surface area contributed by atoms with E-state index in [0.717, 1.165) is 11.1 Å². The van der Waals surface area contributed by atoms with Crippen LogP contribution in [-0.2, 0) is 21.4 Å². The molecule has 0 saturated carbocycles. The average Bonchev–Trinajstić information content (AvgIpc) is 3.50. The molecule has 1 saturated heterocycles. The topological polar surface area (TPSA) is 70.6 Å². The third-order valence-corrected chi connectivity index (χ3v) is 9.10. The Bertz CT molecular complexity index is 1470. The van der Waals surface area contributed by atoms with Gasteiger partial charge in [-0.15, -0.1) is 0 Å². The molecule has 4 aromatic rings. The van der Waals surface area contributed by atoms with E-state index in [4.69, 9.17) is 0 Å². The van der Waals surface area contributed by atoms with Crippen molar-refractivity contribution in [2.45, 2.75) is 37.2 Å². The third kappa shape index (κ3) is 4.71. The number of sulfonamides is 1. The molecular formula is C26H24FN3O3S2. The largest absolute Gasteiger partial charge is 0.282 e. The first-order valence-electron chi connectivity index (χ1n) is 11.3. The van der Waals surface area contributed by atoms with Gasteiger partial charge < -0.3 is 0 Å². The van der Waals surface area contributed by atoms with Gasteiger partial charge in [-0.25, -0.2) is 17.8 Å². The number of hydrogen-bond acceptors (Lipinski definition) is 5. The lowest BCUT2D eigenvalue weighted by Crippen LogP contribution is -2.47. The van der Waals surface area contributed by atoms with Gasteiger partial charge in [0.05, 0.1) is 21.7 Å². The van der Waals surface area contributed by atoms with Crippen LogP contribution in [0.3, 0.4) is 0 Å². The van der Waals surface area contributed by atoms with E-state index in [2.05, 4.69) is 4.98 Å². The van der Waals surface area contributed by atoms with Gasteiger partial charge in [0.2, 0.25) is 15.9 Å². The van der Waals surface area contributed by atoms with E-state index < -0.39 is 16.1 Å². The zero-order valence-corrected chi connectivity index (χ0v) is 20.7. The summed E-state index contributed by atoms with van der Waals surface area (Å²) >= 11 is 1.22. The molecule has 0 spiro atoms. The van der Waals surface area contributed by atoms with Gasteiger partial charge in [0.25, 0.3) is 0 Å². The standard InChI is InChI=1S/C26H24FN3O3S2/c1-18-9-12-21(13-10-18)35(32,33)30-15-5-8-23(30)25(31)29(17-19-6-3-2-4-7-19)26-28-22-14-11-20(27)16-24(22)34-26/h2-4,6-7,9-14,16,23H,5,8,15,17H2,1H3. The van der Waals surface area contributed by atoms with Gasteiger partial charge >= 0.3 is 0 Å². The fraction of sp³-hybridized carbons (Fsp3) is 0.231. The fourth-order valence-electron chi connectivity index (χ4n) is 4.31. The number of amides is 1. The SMILES string of the molecule is Cc1ccc(S(=O)(=O)N2CCCC2C(=O)N(Cc2ccccc2)c2nc3ccc(F)cc3s2)cc1. The molecule has 1 aliphatic heterocycles. The highest BCUT2D eigenvalue weighted by Gasteiger charge is 2.42. The molecule has 1 atom stereocenters. The predicted molar refractivity (Wildman–Crippen MR) is 135 cm³/mol. The van der Waals surface area contributed by atoms with Gasteiger partial charge in [-0.05, 0) is 55.7 Å². The minimum absolute atomic E-state index is 0.174. The first kappa shape index (κ1) is 23.6. The highest BCUT2D eigenvalue weighted by atomic mass is 32.2. The number of halogens is 1. The Kier molecular flexibility index (Phi) is 6.39. The Hall–Kier alpha value is -3.14. The van der Waals surface area contributed by atoms with Crippen LogP contribution in [0.1, 0.15) is 24.0 Å². The normalized spacial score (nSPS) is 16.6. The molecule has 6 nitrogen and oxygen atoms in total. The monoisotopic (exact) mass is 509 g/mol. The van der Waals surface area contributed by atoms with E-state index in [-0.39, 0.29) is 29.7 Å². The second-order valence-corrected chi connectivity index (χ2v) is 11.5. The lowest BCUT2D eigenvalue weighted by atomic mass is 10.1. The maximum Gasteiger partial charge on any atom is 0.247 e. The Balaban J connectivity index is 1.52. The molecule has 9 heteroatoms. The van der Waals surface area contributed by atoms with Crippen molar-refractivity contribution in [3.63, 3.8) is 0 Å². The smallest absolute Gasteiger partial charge is 0.247 e. The lowest BCUT2D eigenvalue weighted by Gasteiger charge is -2.28. The Morgan fingerprint density at radius 3 is 2.60 bits per heavy atom. The van der Waals surface area contributed by atoms with Gasteiger partial charge in [0.15, 0.2) is 5.13 Å². The Morgan fingerprint density at radius 1 is 1.11 bits per heavy atom. The number of thiazole rings is 1. The minimum Gasteiger partial charge on any atom is -0.282 e. The summed E-state index contributed by atoms with van der Waals surface area (Å²) in [6.45, 7) is 2.40. The number of benzene rings is 3. The summed E-state index contributed by atoms with van der Waals surface area (Å²) in [7, 11) is -3.85. The van der Waals surface area contributed by atoms with Gasteiger partial charge in [-0.1, -0.05) is 59.4 Å². The van der Waals surface area contributed by atoms with Crippen molar-refractivity contribution in [1.29, 1.82) is 0 Å². The number of carbonyl (C=O) groups is 1. The molecule has 180 valence electrons. The number of fused-ring (bicyclic) bond motifs is 1. The fourth-order valence-corrected chi connectivity index (χ4v) is 6.95. The summed E-state index contributed by atoms with van der Waals surface area (Å²) in [4.78, 5) is 20.2. The molecule has 3 aromatic carbocycles. The quantitative estimate of drug-likeness (QED) is 0.361. The summed E-state index contributed by atoms with van der Waals surface area (Å²) in [5.41, 5.74) is 2.43. The molecule has 0 radical (unpaired) electrons. The Labute approximate surface area is 207 Å². The average molecular weight is 510 g/mol. The van der Waals surface area contributed by atoms with Crippen molar-refractivity contribution in [2.75, 3.05) is 11.4 Å². The van der Waals surface area contributed by atoms with E-state index in [1.807, 2.05) is 37.3 Å². The summed E-state index contributed by atoms with van der Waals surface area (Å²) < 4.78 is 42.6. The summed E-state index contributed by atoms with van der Waals surface area (Å²) in [5, 5.41) is 0.416. The van der Waals surface area contributed by atoms with Crippen LogP contribution >= 0.6 is 11.3 Å². The van der Waals surface area contributed by atoms with Crippen LogP contribution in [0.5, 0.6) is 0 Å². The van der Waals surface area contributed by atoms with E-state index in [1.165, 1.54) is 32.7 Å². The number of aromatic nitrogens is 1. The number of aryl methyl sites for hydroxylation is 1. The molecular weight excluding hydrogens is 485 g/mol. The van der Waals surface area contributed by atoms with Crippen LogP contribution in [0.2, 0.25) is 0 Å². The maximum atomic E-state index is 13.9. The van der Waals surface area contributed by atoms with E-state index in [1.54, 1.807) is 30.3 Å². The van der Waals surface area contributed by atoms with Crippen LogP contribution in [0.15, 0.2) is 77.7 Å². The van der Waals surface area contributed by atoms with Gasteiger partial charge in [-0.2, -0.15) is 4.31 Å². The molecule has 1 aromatic heterocycles. The first-order valence-corrected chi connectivity index (χ1v) is 13.6. The second kappa shape index (κ2) is 9.49. The lowest BCUT2D eigenvalue weighted by molar-refractivity contribution is -0.121. The minimum atomic E-state index is -3.85. The van der Waals surface area contributed by atoms with Crippen molar-refractivity contribution in [2.24, 2.45) is 0 Å². The maximum absolute atomic E-state index is 13.9. The van der Waals surface area contributed by atoms with Crippen molar-refractivity contribution >= 4 is 42.6 Å². The van der Waals surface area contributed by atoms with Crippen LogP contribution in [0, 0.1) is 12.7 Å². The van der Waals surface area contributed by atoms with Crippen LogP contribution in [0.25, 0.3) is 10.2 Å². The second-order valence-electron chi connectivity index (χ2n) is 8.61. The molecule has 2 heterocycles. The van der Waals surface area contributed by atoms with Crippen LogP contribution < -0.4 is 4.90 Å². The third-order valence-electron chi connectivity index (χ3n) is 6.14. The number of carbonyl (C=O) groups excluding carboxylic acids is 1. The highest BCUT2D eigenvalue weighted by molar-refractivity contribution is 7.89. The summed E-state index contributed by atoms with van der Waals surface area (Å²) in [5.74, 6) is -0.707. The van der Waals surface area contributed by atoms with Crippen LogP contribution in [-0.4, -0.2) is 36.2 Å². The van der Waals surface area contributed by atoms with Gasteiger partial charge in [-0.3, -0.25) is 9.69 Å². The zero-order valence-electron chi connectivity index (χ0n) is 19.1. The number of nitrogens with zero attached hydrogens (tertiary/aromatic N) is 3. The van der Waals surface area contributed by atoms with Crippen LogP contribution in [0.4, 0.5) is 9.52 Å². The van der Waals surface area contributed by atoms with E-state index in [0.29, 0.717) is 28.2 Å². The first-order chi connectivity index (χ1) is 16.8. The predicted octanol–water partition coefficient (Wildman–Crippen LogP) is 5.13. The van der Waals surface area contributed by atoms with E-state index >= 15 is 0 Å². The number of hydrogen-bond donors (Lipinski definition) is 0. The van der Waals surface area contributed by atoms with E-state index in [9.17, 15) is 17.6 Å². The molecule has 35 heavy (non-hydrogen) atoms.